The SMILES string of the molecule is O=C(CCc1nccs1)N1CCCCC1c1cc2ccccc2[nH]1. The number of likely N-dealkylation sites (tertiary alicyclic amines) is 1. The third-order valence-electron chi connectivity index (χ3n) is 4.77. The molecule has 5 heteroatoms. The van der Waals surface area contributed by atoms with E-state index in [2.05, 4.69) is 39.1 Å². The van der Waals surface area contributed by atoms with Crippen LogP contribution in [0.4, 0.5) is 0 Å². The van der Waals surface area contributed by atoms with Crippen molar-refractivity contribution in [3.63, 3.8) is 0 Å². The van der Waals surface area contributed by atoms with Gasteiger partial charge in [-0.25, -0.2) is 4.98 Å². The van der Waals surface area contributed by atoms with Crippen molar-refractivity contribution in [2.75, 3.05) is 6.54 Å². The summed E-state index contributed by atoms with van der Waals surface area (Å²) in [7, 11) is 0. The average Bonchev–Trinajstić information content (AvgIpc) is 3.29. The number of thiazole rings is 1. The van der Waals surface area contributed by atoms with Gasteiger partial charge in [0.05, 0.1) is 11.0 Å². The van der Waals surface area contributed by atoms with E-state index in [4.69, 9.17) is 0 Å². The molecule has 1 aliphatic heterocycles. The van der Waals surface area contributed by atoms with Crippen LogP contribution in [-0.4, -0.2) is 27.3 Å². The van der Waals surface area contributed by atoms with Gasteiger partial charge in [0.1, 0.15) is 0 Å². The fourth-order valence-corrected chi connectivity index (χ4v) is 4.18. The highest BCUT2D eigenvalue weighted by molar-refractivity contribution is 7.09. The zero-order valence-electron chi connectivity index (χ0n) is 13.6. The number of benzene rings is 1. The van der Waals surface area contributed by atoms with Crippen LogP contribution < -0.4 is 0 Å². The number of H-pyrrole nitrogens is 1. The first-order chi connectivity index (χ1) is 11.8. The molecule has 1 aromatic carbocycles. The first kappa shape index (κ1) is 15.4. The molecule has 1 amide bonds. The molecule has 0 radical (unpaired) electrons. The number of amides is 1. The smallest absolute Gasteiger partial charge is 0.223 e. The predicted molar refractivity (Wildman–Crippen MR) is 97.0 cm³/mol. The zero-order valence-corrected chi connectivity index (χ0v) is 14.4. The van der Waals surface area contributed by atoms with Crippen molar-refractivity contribution in [2.45, 2.75) is 38.1 Å². The number of nitrogens with one attached hydrogen (secondary N) is 1. The molecule has 0 saturated carbocycles. The monoisotopic (exact) mass is 339 g/mol. The fraction of sp³-hybridized carbons (Fsp3) is 0.368. The molecule has 0 bridgehead atoms. The van der Waals surface area contributed by atoms with Gasteiger partial charge in [-0.05, 0) is 36.8 Å². The summed E-state index contributed by atoms with van der Waals surface area (Å²) in [5.74, 6) is 0.244. The van der Waals surface area contributed by atoms with Crippen molar-refractivity contribution in [2.24, 2.45) is 0 Å². The molecule has 3 aromatic rings. The lowest BCUT2D eigenvalue weighted by Gasteiger charge is -2.35. The molecule has 24 heavy (non-hydrogen) atoms. The minimum absolute atomic E-state index is 0.176. The van der Waals surface area contributed by atoms with Crippen LogP contribution in [0.1, 0.15) is 42.4 Å². The molecule has 1 atom stereocenters. The number of piperidine rings is 1. The molecule has 1 N–H and O–H groups in total. The van der Waals surface area contributed by atoms with Gasteiger partial charge in [-0.1, -0.05) is 18.2 Å². The van der Waals surface area contributed by atoms with E-state index in [1.807, 2.05) is 11.4 Å². The van der Waals surface area contributed by atoms with Crippen LogP contribution in [0, 0.1) is 0 Å². The van der Waals surface area contributed by atoms with E-state index in [1.165, 1.54) is 17.5 Å². The molecule has 1 fully saturated rings. The molecular formula is C19H21N3OS. The van der Waals surface area contributed by atoms with Crippen LogP contribution in [-0.2, 0) is 11.2 Å². The summed E-state index contributed by atoms with van der Waals surface area (Å²) in [6, 6.07) is 10.7. The lowest BCUT2D eigenvalue weighted by atomic mass is 9.98. The second-order valence-electron chi connectivity index (χ2n) is 6.34. The highest BCUT2D eigenvalue weighted by atomic mass is 32.1. The zero-order chi connectivity index (χ0) is 16.4. The lowest BCUT2D eigenvalue weighted by Crippen LogP contribution is -2.38. The van der Waals surface area contributed by atoms with Gasteiger partial charge >= 0.3 is 0 Å². The maximum absolute atomic E-state index is 12.8. The van der Waals surface area contributed by atoms with Gasteiger partial charge in [0.25, 0.3) is 0 Å². The molecule has 1 aliphatic rings. The largest absolute Gasteiger partial charge is 0.357 e. The Bertz CT molecular complexity index is 791. The first-order valence-electron chi connectivity index (χ1n) is 8.57. The maximum Gasteiger partial charge on any atom is 0.223 e. The van der Waals surface area contributed by atoms with E-state index in [0.717, 1.165) is 36.3 Å². The fourth-order valence-electron chi connectivity index (χ4n) is 3.56. The number of fused-ring (bicyclic) bond motifs is 1. The van der Waals surface area contributed by atoms with E-state index in [9.17, 15) is 4.79 Å². The number of para-hydroxylation sites is 1. The van der Waals surface area contributed by atoms with Crippen molar-refractivity contribution < 1.29 is 4.79 Å². The quantitative estimate of drug-likeness (QED) is 0.770. The average molecular weight is 339 g/mol. The number of hydrogen-bond donors (Lipinski definition) is 1. The maximum atomic E-state index is 12.8. The Balaban J connectivity index is 1.52. The van der Waals surface area contributed by atoms with Crippen LogP contribution in [0.3, 0.4) is 0 Å². The summed E-state index contributed by atoms with van der Waals surface area (Å²) in [6.45, 7) is 0.858. The van der Waals surface area contributed by atoms with E-state index in [-0.39, 0.29) is 11.9 Å². The molecule has 0 spiro atoms. The van der Waals surface area contributed by atoms with Crippen LogP contribution >= 0.6 is 11.3 Å². The van der Waals surface area contributed by atoms with Gasteiger partial charge in [0.15, 0.2) is 0 Å². The molecule has 4 nitrogen and oxygen atoms in total. The van der Waals surface area contributed by atoms with Crippen molar-refractivity contribution in [3.8, 4) is 0 Å². The second kappa shape index (κ2) is 6.77. The van der Waals surface area contributed by atoms with Gasteiger partial charge in [-0.3, -0.25) is 4.79 Å². The number of hydrogen-bond acceptors (Lipinski definition) is 3. The Hall–Kier alpha value is -2.14. The molecule has 4 rings (SSSR count). The van der Waals surface area contributed by atoms with Crippen molar-refractivity contribution >= 4 is 28.1 Å². The van der Waals surface area contributed by atoms with Crippen LogP contribution in [0.2, 0.25) is 0 Å². The highest BCUT2D eigenvalue weighted by Gasteiger charge is 2.28. The van der Waals surface area contributed by atoms with Crippen molar-refractivity contribution in [1.82, 2.24) is 14.9 Å². The number of carbonyl (C=O) groups excluding carboxylic acids is 1. The number of aromatic amines is 1. The first-order valence-corrected chi connectivity index (χ1v) is 9.45. The van der Waals surface area contributed by atoms with Gasteiger partial charge < -0.3 is 9.88 Å². The summed E-state index contributed by atoms with van der Waals surface area (Å²) in [5.41, 5.74) is 2.31. The van der Waals surface area contributed by atoms with E-state index < -0.39 is 0 Å². The molecular weight excluding hydrogens is 318 g/mol. The van der Waals surface area contributed by atoms with Gasteiger partial charge in [-0.2, -0.15) is 0 Å². The molecule has 124 valence electrons. The normalized spacial score (nSPS) is 18.2. The van der Waals surface area contributed by atoms with Gasteiger partial charge in [-0.15, -0.1) is 11.3 Å². The summed E-state index contributed by atoms with van der Waals surface area (Å²) in [5, 5.41) is 4.23. The summed E-state index contributed by atoms with van der Waals surface area (Å²) >= 11 is 1.62. The Morgan fingerprint density at radius 2 is 2.25 bits per heavy atom. The summed E-state index contributed by atoms with van der Waals surface area (Å²) < 4.78 is 0. The second-order valence-corrected chi connectivity index (χ2v) is 7.32. The molecule has 0 aliphatic carbocycles. The minimum Gasteiger partial charge on any atom is -0.357 e. The van der Waals surface area contributed by atoms with E-state index in [0.29, 0.717) is 6.42 Å². The van der Waals surface area contributed by atoms with Crippen molar-refractivity contribution in [3.05, 3.63) is 52.6 Å². The predicted octanol–water partition coefficient (Wildman–Crippen LogP) is 4.31. The third-order valence-corrected chi connectivity index (χ3v) is 5.61. The van der Waals surface area contributed by atoms with Crippen LogP contribution in [0.5, 0.6) is 0 Å². The number of carbonyl (C=O) groups is 1. The molecule has 2 aromatic heterocycles. The number of aryl methyl sites for hydroxylation is 1. The minimum atomic E-state index is 0.176. The van der Waals surface area contributed by atoms with E-state index in [1.54, 1.807) is 17.5 Å². The molecule has 3 heterocycles. The Labute approximate surface area is 145 Å². The number of nitrogens with zero attached hydrogens (tertiary/aromatic N) is 2. The van der Waals surface area contributed by atoms with E-state index >= 15 is 0 Å². The Kier molecular flexibility index (Phi) is 4.34. The van der Waals surface area contributed by atoms with Crippen molar-refractivity contribution in [1.29, 1.82) is 0 Å². The van der Waals surface area contributed by atoms with Crippen LogP contribution in [0.25, 0.3) is 10.9 Å². The third kappa shape index (κ3) is 3.08. The van der Waals surface area contributed by atoms with Crippen LogP contribution in [0.15, 0.2) is 41.9 Å². The summed E-state index contributed by atoms with van der Waals surface area (Å²) in [6.07, 6.45) is 6.40. The summed E-state index contributed by atoms with van der Waals surface area (Å²) in [4.78, 5) is 22.6. The molecule has 1 unspecified atom stereocenters. The number of aromatic nitrogens is 2. The topological polar surface area (TPSA) is 49.0 Å². The lowest BCUT2D eigenvalue weighted by molar-refractivity contribution is -0.135. The highest BCUT2D eigenvalue weighted by Crippen LogP contribution is 2.32. The molecule has 1 saturated heterocycles. The Morgan fingerprint density at radius 1 is 1.33 bits per heavy atom. The Morgan fingerprint density at radius 3 is 3.08 bits per heavy atom. The number of rotatable bonds is 4. The standard InChI is InChI=1S/C19H21N3OS/c23-19(9-8-18-20-10-12-24-18)22-11-4-3-7-17(22)16-13-14-5-1-2-6-15(14)21-16/h1-2,5-6,10,12-13,17,21H,3-4,7-9,11H2. The van der Waals surface area contributed by atoms with Gasteiger partial charge in [0.2, 0.25) is 5.91 Å². The van der Waals surface area contributed by atoms with Gasteiger partial charge in [0, 0.05) is 42.2 Å².